The SMILES string of the molecule is Cc1cc(C(=O)Nc2ccnc(C3(C)CC(=O)N(C)C(N)=N3)c2)c(C)s1. The van der Waals surface area contributed by atoms with Gasteiger partial charge in [-0.15, -0.1) is 11.3 Å². The van der Waals surface area contributed by atoms with E-state index in [-0.39, 0.29) is 24.2 Å². The van der Waals surface area contributed by atoms with Crippen LogP contribution in [0.25, 0.3) is 0 Å². The zero-order chi connectivity index (χ0) is 19.1. The summed E-state index contributed by atoms with van der Waals surface area (Å²) in [5.41, 5.74) is 6.84. The second-order valence-electron chi connectivity index (χ2n) is 6.58. The minimum Gasteiger partial charge on any atom is -0.369 e. The summed E-state index contributed by atoms with van der Waals surface area (Å²) in [6.45, 7) is 5.71. The van der Waals surface area contributed by atoms with Gasteiger partial charge in [-0.1, -0.05) is 0 Å². The van der Waals surface area contributed by atoms with Gasteiger partial charge in [-0.25, -0.2) is 4.99 Å². The molecule has 3 rings (SSSR count). The summed E-state index contributed by atoms with van der Waals surface area (Å²) in [5, 5.41) is 2.89. The molecule has 1 aliphatic rings. The van der Waals surface area contributed by atoms with Gasteiger partial charge in [-0.05, 0) is 39.0 Å². The number of anilines is 1. The normalized spacial score (nSPS) is 20.1. The van der Waals surface area contributed by atoms with Crippen LogP contribution in [0.3, 0.4) is 0 Å². The molecule has 8 heteroatoms. The number of pyridine rings is 1. The first kappa shape index (κ1) is 18.1. The Morgan fingerprint density at radius 1 is 1.38 bits per heavy atom. The van der Waals surface area contributed by atoms with Crippen LogP contribution in [0.1, 0.15) is 39.2 Å². The summed E-state index contributed by atoms with van der Waals surface area (Å²) >= 11 is 1.59. The second-order valence-corrected chi connectivity index (χ2v) is 8.04. The number of aryl methyl sites for hydroxylation is 2. The molecular weight excluding hydrogens is 350 g/mol. The number of nitrogens with one attached hydrogen (secondary N) is 1. The number of hydrogen-bond acceptors (Lipinski definition) is 6. The van der Waals surface area contributed by atoms with Crippen molar-refractivity contribution < 1.29 is 9.59 Å². The third kappa shape index (κ3) is 3.32. The molecule has 7 nitrogen and oxygen atoms in total. The third-order valence-corrected chi connectivity index (χ3v) is 5.40. The molecule has 3 N–H and O–H groups in total. The highest BCUT2D eigenvalue weighted by molar-refractivity contribution is 7.12. The molecule has 136 valence electrons. The molecule has 2 aromatic heterocycles. The van der Waals surface area contributed by atoms with E-state index in [1.54, 1.807) is 36.7 Å². The van der Waals surface area contributed by atoms with Crippen molar-refractivity contribution >= 4 is 34.8 Å². The first-order valence-electron chi connectivity index (χ1n) is 8.16. The molecule has 0 bridgehead atoms. The van der Waals surface area contributed by atoms with Gasteiger partial charge in [-0.3, -0.25) is 19.5 Å². The number of hydrogen-bond donors (Lipinski definition) is 2. The Labute approximate surface area is 155 Å². The first-order chi connectivity index (χ1) is 12.2. The molecule has 1 atom stereocenters. The van der Waals surface area contributed by atoms with Crippen LogP contribution < -0.4 is 11.1 Å². The number of nitrogens with two attached hydrogens (primary N) is 1. The number of aromatic nitrogens is 1. The van der Waals surface area contributed by atoms with Crippen molar-refractivity contribution in [3.63, 3.8) is 0 Å². The Hall–Kier alpha value is -2.74. The van der Waals surface area contributed by atoms with Crippen LogP contribution in [-0.2, 0) is 10.3 Å². The largest absolute Gasteiger partial charge is 0.369 e. The highest BCUT2D eigenvalue weighted by atomic mass is 32.1. The maximum atomic E-state index is 12.5. The summed E-state index contributed by atoms with van der Waals surface area (Å²) < 4.78 is 0. The molecule has 1 aliphatic heterocycles. The van der Waals surface area contributed by atoms with Gasteiger partial charge in [0.05, 0.1) is 17.7 Å². The Kier molecular flexibility index (Phi) is 4.53. The lowest BCUT2D eigenvalue weighted by Crippen LogP contribution is -2.47. The van der Waals surface area contributed by atoms with Crippen LogP contribution in [-0.4, -0.2) is 34.7 Å². The summed E-state index contributed by atoms with van der Waals surface area (Å²) in [4.78, 5) is 36.9. The smallest absolute Gasteiger partial charge is 0.256 e. The molecule has 3 heterocycles. The van der Waals surface area contributed by atoms with E-state index in [1.165, 1.54) is 4.90 Å². The van der Waals surface area contributed by atoms with Crippen molar-refractivity contribution in [2.24, 2.45) is 10.7 Å². The van der Waals surface area contributed by atoms with E-state index in [0.717, 1.165) is 9.75 Å². The van der Waals surface area contributed by atoms with Crippen molar-refractivity contribution in [3.8, 4) is 0 Å². The van der Waals surface area contributed by atoms with Gasteiger partial charge in [0.2, 0.25) is 5.91 Å². The van der Waals surface area contributed by atoms with Crippen molar-refractivity contribution in [3.05, 3.63) is 45.4 Å². The molecule has 0 saturated heterocycles. The maximum Gasteiger partial charge on any atom is 0.256 e. The van der Waals surface area contributed by atoms with Gasteiger partial charge in [0.15, 0.2) is 5.96 Å². The summed E-state index contributed by atoms with van der Waals surface area (Å²) in [7, 11) is 1.59. The maximum absolute atomic E-state index is 12.5. The van der Waals surface area contributed by atoms with Crippen molar-refractivity contribution in [2.75, 3.05) is 12.4 Å². The quantitative estimate of drug-likeness (QED) is 0.865. The third-order valence-electron chi connectivity index (χ3n) is 4.43. The number of aliphatic imine (C=N–C) groups is 1. The summed E-state index contributed by atoms with van der Waals surface area (Å²) in [6.07, 6.45) is 1.76. The number of nitrogens with zero attached hydrogens (tertiary/aromatic N) is 3. The zero-order valence-electron chi connectivity index (χ0n) is 15.2. The highest BCUT2D eigenvalue weighted by Gasteiger charge is 2.37. The topological polar surface area (TPSA) is 101 Å². The van der Waals surface area contributed by atoms with E-state index in [0.29, 0.717) is 16.9 Å². The fraction of sp³-hybridized carbons (Fsp3) is 0.333. The minimum atomic E-state index is -0.858. The number of carbonyl (C=O) groups excluding carboxylic acids is 2. The van der Waals surface area contributed by atoms with Gasteiger partial charge in [0.1, 0.15) is 5.54 Å². The standard InChI is InChI=1S/C18H21N5O2S/c1-10-7-13(11(2)26-10)16(25)21-12-5-6-20-14(8-12)18(3)9-15(24)23(4)17(19)22-18/h5-8H,9H2,1-4H3,(H2,19,22)(H,20,21,25). The Balaban J connectivity index is 1.88. The van der Waals surface area contributed by atoms with Crippen molar-refractivity contribution in [1.29, 1.82) is 0 Å². The molecule has 1 unspecified atom stereocenters. The number of carbonyl (C=O) groups is 2. The molecule has 0 radical (unpaired) electrons. The number of amides is 2. The number of guanidine groups is 1. The van der Waals surface area contributed by atoms with Gasteiger partial charge < -0.3 is 11.1 Å². The van der Waals surface area contributed by atoms with E-state index in [2.05, 4.69) is 15.3 Å². The Morgan fingerprint density at radius 2 is 2.12 bits per heavy atom. The molecule has 2 amide bonds. The van der Waals surface area contributed by atoms with Crippen molar-refractivity contribution in [2.45, 2.75) is 32.7 Å². The molecule has 0 fully saturated rings. The van der Waals surface area contributed by atoms with Gasteiger partial charge in [0, 0.05) is 28.7 Å². The van der Waals surface area contributed by atoms with Gasteiger partial charge in [-0.2, -0.15) is 0 Å². The van der Waals surface area contributed by atoms with Crippen LogP contribution in [0.2, 0.25) is 0 Å². The predicted molar refractivity (Wildman–Crippen MR) is 102 cm³/mol. The fourth-order valence-corrected chi connectivity index (χ4v) is 3.83. The van der Waals surface area contributed by atoms with Crippen LogP contribution in [0.4, 0.5) is 5.69 Å². The monoisotopic (exact) mass is 371 g/mol. The zero-order valence-corrected chi connectivity index (χ0v) is 16.0. The van der Waals surface area contributed by atoms with E-state index in [4.69, 9.17) is 5.73 Å². The second kappa shape index (κ2) is 6.53. The number of thiophene rings is 1. The van der Waals surface area contributed by atoms with E-state index < -0.39 is 5.54 Å². The lowest BCUT2D eigenvalue weighted by molar-refractivity contribution is -0.128. The average Bonchev–Trinajstić information content (AvgIpc) is 2.91. The minimum absolute atomic E-state index is 0.124. The van der Waals surface area contributed by atoms with E-state index in [9.17, 15) is 9.59 Å². The van der Waals surface area contributed by atoms with E-state index in [1.807, 2.05) is 26.8 Å². The Bertz CT molecular complexity index is 920. The summed E-state index contributed by atoms with van der Waals surface area (Å²) in [6, 6.07) is 5.32. The van der Waals surface area contributed by atoms with Crippen LogP contribution in [0.15, 0.2) is 29.4 Å². The summed E-state index contributed by atoms with van der Waals surface area (Å²) in [5.74, 6) is -0.137. The Morgan fingerprint density at radius 3 is 2.73 bits per heavy atom. The fourth-order valence-electron chi connectivity index (χ4n) is 2.91. The molecule has 0 spiro atoms. The van der Waals surface area contributed by atoms with Crippen LogP contribution in [0.5, 0.6) is 0 Å². The lowest BCUT2D eigenvalue weighted by Gasteiger charge is -2.32. The molecule has 2 aromatic rings. The molecular formula is C18H21N5O2S. The molecule has 0 aliphatic carbocycles. The highest BCUT2D eigenvalue weighted by Crippen LogP contribution is 2.32. The van der Waals surface area contributed by atoms with Gasteiger partial charge >= 0.3 is 0 Å². The van der Waals surface area contributed by atoms with Crippen molar-refractivity contribution in [1.82, 2.24) is 9.88 Å². The molecule has 26 heavy (non-hydrogen) atoms. The lowest BCUT2D eigenvalue weighted by atomic mass is 9.91. The van der Waals surface area contributed by atoms with Gasteiger partial charge in [0.25, 0.3) is 5.91 Å². The predicted octanol–water partition coefficient (Wildman–Crippen LogP) is 2.40. The molecule has 0 saturated carbocycles. The van der Waals surface area contributed by atoms with Crippen LogP contribution >= 0.6 is 11.3 Å². The van der Waals surface area contributed by atoms with E-state index >= 15 is 0 Å². The molecule has 0 aromatic carbocycles. The number of rotatable bonds is 3. The van der Waals surface area contributed by atoms with Crippen LogP contribution in [0, 0.1) is 13.8 Å². The average molecular weight is 371 g/mol. The first-order valence-corrected chi connectivity index (χ1v) is 8.98.